The van der Waals surface area contributed by atoms with Crippen molar-refractivity contribution in [2.24, 2.45) is 46.3 Å². The van der Waals surface area contributed by atoms with E-state index in [1.165, 1.54) is 0 Å². The van der Waals surface area contributed by atoms with Gasteiger partial charge in [0.15, 0.2) is 0 Å². The van der Waals surface area contributed by atoms with E-state index in [1.807, 2.05) is 0 Å². The van der Waals surface area contributed by atoms with Gasteiger partial charge in [-0.15, -0.1) is 0 Å². The number of halogens is 6. The second kappa shape index (κ2) is 11.5. The van der Waals surface area contributed by atoms with Gasteiger partial charge in [-0.3, -0.25) is 0 Å². The van der Waals surface area contributed by atoms with Crippen LogP contribution in [0, 0.1) is 70.0 Å². The molecule has 8 aliphatic rings. The molecule has 8 saturated carbocycles. The number of hydrogen-bond donors (Lipinski definition) is 2. The molecular weight excluding hydrogens is 670 g/mol. The van der Waals surface area contributed by atoms with E-state index in [9.17, 15) is 19.8 Å². The normalized spacial score (nSPS) is 33.3. The standard InChI is InChI=1S/C41H38F6O4/c42-40(43,44)39(41(45,46)47,33-13-23(11-31(15-33)35(48)49)1-3-37-17-25-5-26(18-37)7-27(6-25)19-37)34-14-24(12-32(16-34)36(50)51)2-4-38-20-28-8-29(21-38)10-30(9-28)22-38/h11-16,25-30H,5-10,17-22H2,(H,48,49)(H,50,51). The monoisotopic (exact) mass is 708 g/mol. The molecule has 0 radical (unpaired) electrons. The number of aromatic carboxylic acids is 2. The van der Waals surface area contributed by atoms with E-state index in [0.29, 0.717) is 59.8 Å². The van der Waals surface area contributed by atoms with E-state index in [0.717, 1.165) is 89.2 Å². The van der Waals surface area contributed by atoms with Crippen LogP contribution < -0.4 is 0 Å². The number of carboxylic acid groups (broad SMARTS) is 2. The Morgan fingerprint density at radius 2 is 0.824 bits per heavy atom. The summed E-state index contributed by atoms with van der Waals surface area (Å²) < 4.78 is 92.8. The summed E-state index contributed by atoms with van der Waals surface area (Å²) in [6, 6.07) is 4.13. The first-order valence-electron chi connectivity index (χ1n) is 17.9. The van der Waals surface area contributed by atoms with Gasteiger partial charge >= 0.3 is 24.3 Å². The Morgan fingerprint density at radius 3 is 1.08 bits per heavy atom. The first kappa shape index (κ1) is 34.2. The van der Waals surface area contributed by atoms with Gasteiger partial charge in [-0.25, -0.2) is 9.59 Å². The Morgan fingerprint density at radius 1 is 0.529 bits per heavy atom. The average Bonchev–Trinajstić information content (AvgIpc) is 3.00. The summed E-state index contributed by atoms with van der Waals surface area (Å²) in [4.78, 5) is 24.5. The molecule has 0 heterocycles. The molecule has 10 rings (SSSR count). The fourth-order valence-corrected chi connectivity index (χ4v) is 12.0. The van der Waals surface area contributed by atoms with Crippen LogP contribution >= 0.6 is 0 Å². The van der Waals surface area contributed by atoms with Crippen molar-refractivity contribution in [2.75, 3.05) is 0 Å². The third-order valence-corrected chi connectivity index (χ3v) is 13.1. The second-order valence-corrected chi connectivity index (χ2v) is 16.8. The van der Waals surface area contributed by atoms with Crippen molar-refractivity contribution in [3.8, 4) is 23.7 Å². The van der Waals surface area contributed by atoms with Crippen LogP contribution in [0.2, 0.25) is 0 Å². The highest BCUT2D eigenvalue weighted by Crippen LogP contribution is 2.61. The van der Waals surface area contributed by atoms with Crippen molar-refractivity contribution in [3.63, 3.8) is 0 Å². The van der Waals surface area contributed by atoms with Gasteiger partial charge in [0.05, 0.1) is 11.1 Å². The Balaban J connectivity index is 1.28. The lowest BCUT2D eigenvalue weighted by molar-refractivity contribution is -0.288. The molecule has 0 spiro atoms. The minimum Gasteiger partial charge on any atom is -0.478 e. The molecule has 4 nitrogen and oxygen atoms in total. The zero-order valence-corrected chi connectivity index (χ0v) is 27.9. The lowest BCUT2D eigenvalue weighted by atomic mass is 9.50. The molecular formula is C41H38F6O4. The molecule has 2 aromatic rings. The minimum atomic E-state index is -6.07. The van der Waals surface area contributed by atoms with Gasteiger partial charge in [0.2, 0.25) is 5.41 Å². The zero-order chi connectivity index (χ0) is 36.1. The van der Waals surface area contributed by atoms with Gasteiger partial charge in [-0.1, -0.05) is 23.7 Å². The second-order valence-electron chi connectivity index (χ2n) is 16.8. The van der Waals surface area contributed by atoms with Crippen LogP contribution in [0.15, 0.2) is 36.4 Å². The summed E-state index contributed by atoms with van der Waals surface area (Å²) in [7, 11) is 0. The van der Waals surface area contributed by atoms with Gasteiger partial charge < -0.3 is 10.2 Å². The van der Waals surface area contributed by atoms with Crippen LogP contribution in [0.3, 0.4) is 0 Å². The molecule has 0 saturated heterocycles. The maximum atomic E-state index is 15.5. The van der Waals surface area contributed by atoms with Crippen LogP contribution in [-0.4, -0.2) is 34.5 Å². The summed E-state index contributed by atoms with van der Waals surface area (Å²) in [6.45, 7) is 0. The van der Waals surface area contributed by atoms with Crippen molar-refractivity contribution in [1.29, 1.82) is 0 Å². The maximum Gasteiger partial charge on any atom is 0.411 e. The third-order valence-electron chi connectivity index (χ3n) is 13.1. The van der Waals surface area contributed by atoms with Crippen LogP contribution in [0.5, 0.6) is 0 Å². The first-order valence-corrected chi connectivity index (χ1v) is 17.9. The quantitative estimate of drug-likeness (QED) is 0.245. The highest BCUT2D eigenvalue weighted by atomic mass is 19.4. The molecule has 51 heavy (non-hydrogen) atoms. The minimum absolute atomic E-state index is 0.269. The number of alkyl halides is 6. The van der Waals surface area contributed by atoms with Crippen LogP contribution in [0.1, 0.15) is 120 Å². The van der Waals surface area contributed by atoms with Crippen LogP contribution in [-0.2, 0) is 5.41 Å². The van der Waals surface area contributed by atoms with E-state index in [2.05, 4.69) is 23.7 Å². The molecule has 0 aliphatic heterocycles. The van der Waals surface area contributed by atoms with Gasteiger partial charge in [-0.05, 0) is 160 Å². The highest BCUT2D eigenvalue weighted by molar-refractivity contribution is 5.89. The number of carbonyl (C=O) groups is 2. The number of hydrogen-bond acceptors (Lipinski definition) is 2. The molecule has 8 bridgehead atoms. The largest absolute Gasteiger partial charge is 0.478 e. The van der Waals surface area contributed by atoms with E-state index in [-0.39, 0.29) is 11.1 Å². The van der Waals surface area contributed by atoms with E-state index >= 15 is 26.3 Å². The Labute approximate surface area is 292 Å². The van der Waals surface area contributed by atoms with E-state index in [1.54, 1.807) is 0 Å². The molecule has 0 unspecified atom stereocenters. The molecule has 2 aromatic carbocycles. The molecule has 0 aromatic heterocycles. The van der Waals surface area contributed by atoms with E-state index < -0.39 is 62.8 Å². The Bertz CT molecular complexity index is 1720. The topological polar surface area (TPSA) is 74.6 Å². The van der Waals surface area contributed by atoms with Crippen molar-refractivity contribution in [2.45, 2.75) is 94.8 Å². The highest BCUT2D eigenvalue weighted by Gasteiger charge is 2.73. The summed E-state index contributed by atoms with van der Waals surface area (Å²) >= 11 is 0. The molecule has 8 aliphatic carbocycles. The average molecular weight is 709 g/mol. The van der Waals surface area contributed by atoms with Crippen molar-refractivity contribution < 1.29 is 46.1 Å². The van der Waals surface area contributed by atoms with Crippen LogP contribution in [0.25, 0.3) is 0 Å². The summed E-state index contributed by atoms with van der Waals surface area (Å²) in [5.41, 5.74) is -10.5. The zero-order valence-electron chi connectivity index (χ0n) is 27.9. The predicted octanol–water partition coefficient (Wildman–Crippen LogP) is 9.63. The first-order chi connectivity index (χ1) is 23.9. The lowest BCUT2D eigenvalue weighted by Gasteiger charge is -2.54. The number of rotatable bonds is 4. The SMILES string of the molecule is O=C(O)c1cc(C#CC23CC4CC(CC(C4)C2)C3)cc(C(c2cc(C#CC34CC5CC(CC(C5)C3)C4)cc(C(=O)O)c2)(C(F)(F)F)C(F)(F)F)c1. The van der Waals surface area contributed by atoms with Crippen molar-refractivity contribution >= 4 is 11.9 Å². The fourth-order valence-electron chi connectivity index (χ4n) is 12.0. The van der Waals surface area contributed by atoms with Gasteiger partial charge in [-0.2, -0.15) is 26.3 Å². The van der Waals surface area contributed by atoms with Gasteiger partial charge in [0.25, 0.3) is 0 Å². The molecule has 268 valence electrons. The Hall–Kier alpha value is -3.92. The van der Waals surface area contributed by atoms with Crippen molar-refractivity contribution in [3.05, 3.63) is 69.8 Å². The Kier molecular flexibility index (Phi) is 7.73. The predicted molar refractivity (Wildman–Crippen MR) is 175 cm³/mol. The number of benzene rings is 2. The summed E-state index contributed by atoms with van der Waals surface area (Å²) in [6.07, 6.45) is -0.702. The molecule has 0 amide bonds. The van der Waals surface area contributed by atoms with Gasteiger partial charge in [0, 0.05) is 22.0 Å². The summed E-state index contributed by atoms with van der Waals surface area (Å²) in [5.74, 6) is 11.5. The molecule has 10 heteroatoms. The smallest absolute Gasteiger partial charge is 0.411 e. The van der Waals surface area contributed by atoms with E-state index in [4.69, 9.17) is 0 Å². The van der Waals surface area contributed by atoms with Crippen LogP contribution in [0.4, 0.5) is 26.3 Å². The fraction of sp³-hybridized carbons (Fsp3) is 0.561. The maximum absolute atomic E-state index is 15.5. The number of carboxylic acids is 2. The molecule has 8 fully saturated rings. The molecule has 0 atom stereocenters. The molecule has 2 N–H and O–H groups in total. The third kappa shape index (κ3) is 5.82. The van der Waals surface area contributed by atoms with Gasteiger partial charge in [0.1, 0.15) is 0 Å². The summed E-state index contributed by atoms with van der Waals surface area (Å²) in [5, 5.41) is 19.8. The lowest BCUT2D eigenvalue weighted by Crippen LogP contribution is -2.55. The van der Waals surface area contributed by atoms with Crippen molar-refractivity contribution in [1.82, 2.24) is 0 Å².